The smallest absolute Gasteiger partial charge is 0.193 e. The lowest BCUT2D eigenvalue weighted by Crippen LogP contribution is -2.24. The first kappa shape index (κ1) is 12.3. The lowest BCUT2D eigenvalue weighted by Gasteiger charge is -2.19. The van der Waals surface area contributed by atoms with E-state index in [0.29, 0.717) is 11.2 Å². The molecule has 1 aliphatic heterocycles. The summed E-state index contributed by atoms with van der Waals surface area (Å²) in [7, 11) is 0. The van der Waals surface area contributed by atoms with Gasteiger partial charge in [-0.05, 0) is 30.7 Å². The van der Waals surface area contributed by atoms with Crippen molar-refractivity contribution in [3.63, 3.8) is 0 Å². The summed E-state index contributed by atoms with van der Waals surface area (Å²) in [5.41, 5.74) is 6.84. The molecule has 1 aliphatic rings. The van der Waals surface area contributed by atoms with Crippen molar-refractivity contribution in [2.75, 3.05) is 17.6 Å². The number of anilines is 1. The normalized spacial score (nSPS) is 21.2. The third-order valence-corrected chi connectivity index (χ3v) is 4.17. The number of nitrogens with two attached hydrogens (primary N) is 1. The number of thioether (sulfide) groups is 1. The summed E-state index contributed by atoms with van der Waals surface area (Å²) in [4.78, 5) is 4.41. The van der Waals surface area contributed by atoms with Gasteiger partial charge in [0.15, 0.2) is 5.96 Å². The van der Waals surface area contributed by atoms with Gasteiger partial charge in [-0.3, -0.25) is 4.99 Å². The zero-order chi connectivity index (χ0) is 11.9. The lowest BCUT2D eigenvalue weighted by atomic mass is 10.2. The van der Waals surface area contributed by atoms with Crippen LogP contribution < -0.4 is 11.1 Å². The van der Waals surface area contributed by atoms with Crippen molar-refractivity contribution in [2.24, 2.45) is 10.7 Å². The van der Waals surface area contributed by atoms with Crippen LogP contribution in [0.15, 0.2) is 35.3 Å². The van der Waals surface area contributed by atoms with Crippen molar-refractivity contribution in [3.8, 4) is 0 Å². The van der Waals surface area contributed by atoms with E-state index in [1.807, 2.05) is 42.1 Å². The third-order valence-electron chi connectivity index (χ3n) is 2.79. The number of nitrogens with zero attached hydrogens (tertiary/aromatic N) is 1. The molecule has 1 aromatic carbocycles. The SMILES string of the molecule is NC(=NCC1CCCCS1)Nc1ccccc1. The Hall–Kier alpha value is -1.16. The highest BCUT2D eigenvalue weighted by molar-refractivity contribution is 7.99. The molecule has 0 bridgehead atoms. The Morgan fingerprint density at radius 1 is 1.35 bits per heavy atom. The van der Waals surface area contributed by atoms with Crippen LogP contribution in [0.1, 0.15) is 19.3 Å². The molecule has 1 aromatic rings. The van der Waals surface area contributed by atoms with Crippen molar-refractivity contribution >= 4 is 23.4 Å². The van der Waals surface area contributed by atoms with Crippen LogP contribution in [0.3, 0.4) is 0 Å². The summed E-state index contributed by atoms with van der Waals surface area (Å²) in [5, 5.41) is 3.75. The highest BCUT2D eigenvalue weighted by atomic mass is 32.2. The first-order valence-electron chi connectivity index (χ1n) is 6.08. The van der Waals surface area contributed by atoms with Crippen LogP contribution in [0.4, 0.5) is 5.69 Å². The number of hydrogen-bond donors (Lipinski definition) is 2. The molecule has 0 aromatic heterocycles. The van der Waals surface area contributed by atoms with Crippen molar-refractivity contribution < 1.29 is 0 Å². The van der Waals surface area contributed by atoms with E-state index in [2.05, 4.69) is 10.3 Å². The molecule has 1 fully saturated rings. The van der Waals surface area contributed by atoms with Gasteiger partial charge in [0.1, 0.15) is 0 Å². The van der Waals surface area contributed by atoms with E-state index in [1.54, 1.807) is 0 Å². The number of nitrogens with one attached hydrogen (secondary N) is 1. The molecule has 3 nitrogen and oxygen atoms in total. The molecule has 3 N–H and O–H groups in total. The van der Waals surface area contributed by atoms with E-state index >= 15 is 0 Å². The van der Waals surface area contributed by atoms with Gasteiger partial charge in [0.2, 0.25) is 0 Å². The van der Waals surface area contributed by atoms with E-state index in [0.717, 1.165) is 12.2 Å². The molecule has 4 heteroatoms. The second-order valence-corrected chi connectivity index (χ2v) is 5.61. The highest BCUT2D eigenvalue weighted by Crippen LogP contribution is 2.24. The number of rotatable bonds is 3. The second kappa shape index (κ2) is 6.55. The molecule has 17 heavy (non-hydrogen) atoms. The molecule has 2 rings (SSSR count). The summed E-state index contributed by atoms with van der Waals surface area (Å²) in [5.74, 6) is 1.79. The fourth-order valence-electron chi connectivity index (χ4n) is 1.86. The van der Waals surface area contributed by atoms with Crippen LogP contribution in [-0.2, 0) is 0 Å². The fourth-order valence-corrected chi connectivity index (χ4v) is 3.08. The van der Waals surface area contributed by atoms with Gasteiger partial charge < -0.3 is 11.1 Å². The number of guanidine groups is 1. The Labute approximate surface area is 107 Å². The van der Waals surface area contributed by atoms with Crippen molar-refractivity contribution in [3.05, 3.63) is 30.3 Å². The highest BCUT2D eigenvalue weighted by Gasteiger charge is 2.12. The fraction of sp³-hybridized carbons (Fsp3) is 0.462. The van der Waals surface area contributed by atoms with Crippen molar-refractivity contribution in [1.29, 1.82) is 0 Å². The Morgan fingerprint density at radius 3 is 2.88 bits per heavy atom. The van der Waals surface area contributed by atoms with Crippen molar-refractivity contribution in [1.82, 2.24) is 0 Å². The van der Waals surface area contributed by atoms with E-state index in [4.69, 9.17) is 5.73 Å². The molecular weight excluding hydrogens is 230 g/mol. The molecule has 1 saturated heterocycles. The van der Waals surface area contributed by atoms with Crippen molar-refractivity contribution in [2.45, 2.75) is 24.5 Å². The van der Waals surface area contributed by atoms with E-state index in [-0.39, 0.29) is 0 Å². The maximum atomic E-state index is 5.85. The van der Waals surface area contributed by atoms with Crippen LogP contribution >= 0.6 is 11.8 Å². The average Bonchev–Trinajstić information content (AvgIpc) is 2.39. The van der Waals surface area contributed by atoms with Crippen LogP contribution in [0, 0.1) is 0 Å². The number of para-hydroxylation sites is 1. The van der Waals surface area contributed by atoms with Crippen LogP contribution in [0.2, 0.25) is 0 Å². The molecule has 0 spiro atoms. The summed E-state index contributed by atoms with van der Waals surface area (Å²) in [6.45, 7) is 0.830. The molecule has 92 valence electrons. The molecule has 0 amide bonds. The number of benzene rings is 1. The molecule has 0 saturated carbocycles. The van der Waals surface area contributed by atoms with Crippen LogP contribution in [-0.4, -0.2) is 23.5 Å². The Morgan fingerprint density at radius 2 is 2.18 bits per heavy atom. The quantitative estimate of drug-likeness (QED) is 0.639. The third kappa shape index (κ3) is 4.30. The predicted octanol–water partition coefficient (Wildman–Crippen LogP) is 2.70. The number of aliphatic imine (C=N–C) groups is 1. The molecule has 0 aliphatic carbocycles. The van der Waals surface area contributed by atoms with Gasteiger partial charge >= 0.3 is 0 Å². The zero-order valence-corrected chi connectivity index (χ0v) is 10.7. The first-order chi connectivity index (χ1) is 8.34. The number of hydrogen-bond acceptors (Lipinski definition) is 2. The Kier molecular flexibility index (Phi) is 4.74. The summed E-state index contributed by atoms with van der Waals surface area (Å²) in [6.07, 6.45) is 3.95. The summed E-state index contributed by atoms with van der Waals surface area (Å²) in [6, 6.07) is 9.91. The van der Waals surface area contributed by atoms with Crippen LogP contribution in [0.5, 0.6) is 0 Å². The Balaban J connectivity index is 1.80. The standard InChI is InChI=1S/C13H19N3S/c14-13(16-11-6-2-1-3-7-11)15-10-12-8-4-5-9-17-12/h1-3,6-7,12H,4-5,8-10H2,(H3,14,15,16). The minimum atomic E-state index is 0.516. The van der Waals surface area contributed by atoms with Gasteiger partial charge in [-0.25, -0.2) is 0 Å². The predicted molar refractivity (Wildman–Crippen MR) is 76.7 cm³/mol. The molecule has 1 unspecified atom stereocenters. The minimum Gasteiger partial charge on any atom is -0.370 e. The van der Waals surface area contributed by atoms with Crippen LogP contribution in [0.25, 0.3) is 0 Å². The lowest BCUT2D eigenvalue weighted by molar-refractivity contribution is 0.668. The van der Waals surface area contributed by atoms with Gasteiger partial charge in [0.25, 0.3) is 0 Å². The van der Waals surface area contributed by atoms with Gasteiger partial charge in [-0.15, -0.1) is 0 Å². The zero-order valence-electron chi connectivity index (χ0n) is 9.93. The van der Waals surface area contributed by atoms with E-state index in [1.165, 1.54) is 25.0 Å². The molecule has 1 atom stereocenters. The summed E-state index contributed by atoms with van der Waals surface area (Å²) >= 11 is 2.02. The summed E-state index contributed by atoms with van der Waals surface area (Å²) < 4.78 is 0. The topological polar surface area (TPSA) is 50.4 Å². The average molecular weight is 249 g/mol. The maximum Gasteiger partial charge on any atom is 0.193 e. The van der Waals surface area contributed by atoms with Gasteiger partial charge in [0.05, 0.1) is 6.54 Å². The molecule has 0 radical (unpaired) electrons. The van der Waals surface area contributed by atoms with Gasteiger partial charge in [-0.2, -0.15) is 11.8 Å². The molecular formula is C13H19N3S. The molecule has 1 heterocycles. The van der Waals surface area contributed by atoms with E-state index in [9.17, 15) is 0 Å². The minimum absolute atomic E-state index is 0.516. The first-order valence-corrected chi connectivity index (χ1v) is 7.13. The van der Waals surface area contributed by atoms with Gasteiger partial charge in [-0.1, -0.05) is 24.6 Å². The second-order valence-electron chi connectivity index (χ2n) is 4.21. The maximum absolute atomic E-state index is 5.85. The van der Waals surface area contributed by atoms with E-state index < -0.39 is 0 Å². The monoisotopic (exact) mass is 249 g/mol. The van der Waals surface area contributed by atoms with Gasteiger partial charge in [0, 0.05) is 10.9 Å². The Bertz CT molecular complexity index is 358. The largest absolute Gasteiger partial charge is 0.370 e.